The van der Waals surface area contributed by atoms with Crippen molar-refractivity contribution < 1.29 is 9.53 Å². The van der Waals surface area contributed by atoms with Crippen LogP contribution in [-0.2, 0) is 0 Å². The first-order valence-electron chi connectivity index (χ1n) is 5.84. The molecule has 0 saturated heterocycles. The summed E-state index contributed by atoms with van der Waals surface area (Å²) < 4.78 is 5.03. The standard InChI is InChI=1S/C14H20N2O2/c1-10(14(2,3)4)15-16-13(17)11-6-8-12(18-5)9-7-11/h6-9H,1-5H3,(H,16,17). The maximum Gasteiger partial charge on any atom is 0.271 e. The molecule has 98 valence electrons. The number of carbonyl (C=O) groups is 1. The van der Waals surface area contributed by atoms with Crippen LogP contribution in [-0.4, -0.2) is 18.7 Å². The molecular formula is C14H20N2O2. The quantitative estimate of drug-likeness (QED) is 0.660. The van der Waals surface area contributed by atoms with E-state index in [-0.39, 0.29) is 11.3 Å². The van der Waals surface area contributed by atoms with E-state index in [2.05, 4.69) is 10.5 Å². The van der Waals surface area contributed by atoms with Crippen LogP contribution in [0.2, 0.25) is 0 Å². The zero-order chi connectivity index (χ0) is 13.8. The molecule has 1 N–H and O–H groups in total. The van der Waals surface area contributed by atoms with Crippen LogP contribution in [0.15, 0.2) is 29.4 Å². The Labute approximate surface area is 108 Å². The number of ether oxygens (including phenoxy) is 1. The Hall–Kier alpha value is -1.84. The lowest BCUT2D eigenvalue weighted by Gasteiger charge is -2.17. The fourth-order valence-electron chi connectivity index (χ4n) is 1.11. The largest absolute Gasteiger partial charge is 0.497 e. The molecule has 0 bridgehead atoms. The average molecular weight is 248 g/mol. The molecule has 1 aromatic rings. The lowest BCUT2D eigenvalue weighted by molar-refractivity contribution is 0.0954. The first kappa shape index (κ1) is 14.2. The Morgan fingerprint density at radius 1 is 1.22 bits per heavy atom. The smallest absolute Gasteiger partial charge is 0.271 e. The van der Waals surface area contributed by atoms with E-state index in [0.29, 0.717) is 5.56 Å². The highest BCUT2D eigenvalue weighted by Crippen LogP contribution is 2.15. The second kappa shape index (κ2) is 5.67. The van der Waals surface area contributed by atoms with Crippen molar-refractivity contribution in [3.05, 3.63) is 29.8 Å². The van der Waals surface area contributed by atoms with Gasteiger partial charge in [-0.1, -0.05) is 20.8 Å². The van der Waals surface area contributed by atoms with Gasteiger partial charge < -0.3 is 4.74 Å². The van der Waals surface area contributed by atoms with Crippen molar-refractivity contribution in [2.75, 3.05) is 7.11 Å². The lowest BCUT2D eigenvalue weighted by atomic mass is 9.91. The molecule has 1 amide bonds. The molecule has 0 spiro atoms. The van der Waals surface area contributed by atoms with Gasteiger partial charge in [-0.2, -0.15) is 5.10 Å². The summed E-state index contributed by atoms with van der Waals surface area (Å²) in [5.41, 5.74) is 3.94. The van der Waals surface area contributed by atoms with E-state index < -0.39 is 0 Å². The molecule has 1 aromatic carbocycles. The maximum atomic E-state index is 11.8. The van der Waals surface area contributed by atoms with Crippen molar-refractivity contribution in [2.24, 2.45) is 10.5 Å². The number of methoxy groups -OCH3 is 1. The van der Waals surface area contributed by atoms with Crippen LogP contribution in [0, 0.1) is 5.41 Å². The Morgan fingerprint density at radius 2 is 1.78 bits per heavy atom. The van der Waals surface area contributed by atoms with Gasteiger partial charge in [-0.15, -0.1) is 0 Å². The number of hydrogen-bond donors (Lipinski definition) is 1. The highest BCUT2D eigenvalue weighted by Gasteiger charge is 2.14. The van der Waals surface area contributed by atoms with Crippen LogP contribution in [0.25, 0.3) is 0 Å². The van der Waals surface area contributed by atoms with Gasteiger partial charge in [0.2, 0.25) is 0 Å². The number of nitrogens with zero attached hydrogens (tertiary/aromatic N) is 1. The topological polar surface area (TPSA) is 50.7 Å². The predicted molar refractivity (Wildman–Crippen MR) is 73.0 cm³/mol. The van der Waals surface area contributed by atoms with Crippen molar-refractivity contribution in [2.45, 2.75) is 27.7 Å². The number of hydrogen-bond acceptors (Lipinski definition) is 3. The number of amides is 1. The number of benzene rings is 1. The molecule has 0 atom stereocenters. The van der Waals surface area contributed by atoms with Gasteiger partial charge in [-0.25, -0.2) is 5.43 Å². The van der Waals surface area contributed by atoms with E-state index in [1.165, 1.54) is 0 Å². The molecule has 18 heavy (non-hydrogen) atoms. The summed E-state index contributed by atoms with van der Waals surface area (Å²) in [5, 5.41) is 4.10. The molecule has 0 aliphatic rings. The molecule has 0 aromatic heterocycles. The minimum atomic E-state index is -0.221. The predicted octanol–water partition coefficient (Wildman–Crippen LogP) is 2.85. The second-order valence-electron chi connectivity index (χ2n) is 5.12. The van der Waals surface area contributed by atoms with E-state index in [0.717, 1.165) is 11.5 Å². The molecule has 0 heterocycles. The zero-order valence-electron chi connectivity index (χ0n) is 11.6. The van der Waals surface area contributed by atoms with Crippen LogP contribution in [0.3, 0.4) is 0 Å². The van der Waals surface area contributed by atoms with Crippen molar-refractivity contribution in [1.29, 1.82) is 0 Å². The number of hydrazone groups is 1. The van der Waals surface area contributed by atoms with Gasteiger partial charge in [0.1, 0.15) is 5.75 Å². The molecule has 0 aliphatic heterocycles. The minimum absolute atomic E-state index is 0.0484. The van der Waals surface area contributed by atoms with Gasteiger partial charge >= 0.3 is 0 Å². The second-order valence-corrected chi connectivity index (χ2v) is 5.12. The maximum absolute atomic E-state index is 11.8. The van der Waals surface area contributed by atoms with Crippen molar-refractivity contribution in [1.82, 2.24) is 5.43 Å². The molecule has 0 fully saturated rings. The highest BCUT2D eigenvalue weighted by atomic mass is 16.5. The van der Waals surface area contributed by atoms with Gasteiger partial charge in [-0.3, -0.25) is 4.79 Å². The van der Waals surface area contributed by atoms with Crippen molar-refractivity contribution in [3.8, 4) is 5.75 Å². The van der Waals surface area contributed by atoms with E-state index in [1.54, 1.807) is 31.4 Å². The van der Waals surface area contributed by atoms with E-state index >= 15 is 0 Å². The Balaban J connectivity index is 2.71. The fourth-order valence-corrected chi connectivity index (χ4v) is 1.11. The molecule has 0 radical (unpaired) electrons. The fraction of sp³-hybridized carbons (Fsp3) is 0.429. The van der Waals surface area contributed by atoms with E-state index in [1.807, 2.05) is 27.7 Å². The highest BCUT2D eigenvalue weighted by molar-refractivity contribution is 5.95. The van der Waals surface area contributed by atoms with Crippen LogP contribution in [0.4, 0.5) is 0 Å². The summed E-state index contributed by atoms with van der Waals surface area (Å²) in [6, 6.07) is 6.90. The van der Waals surface area contributed by atoms with Gasteiger partial charge in [-0.05, 0) is 31.2 Å². The van der Waals surface area contributed by atoms with Gasteiger partial charge in [0.05, 0.1) is 7.11 Å². The third-order valence-electron chi connectivity index (χ3n) is 2.76. The van der Waals surface area contributed by atoms with Gasteiger partial charge in [0, 0.05) is 16.7 Å². The monoisotopic (exact) mass is 248 g/mol. The summed E-state index contributed by atoms with van der Waals surface area (Å²) in [4.78, 5) is 11.8. The zero-order valence-corrected chi connectivity index (χ0v) is 11.6. The van der Waals surface area contributed by atoms with Crippen LogP contribution in [0.1, 0.15) is 38.1 Å². The van der Waals surface area contributed by atoms with E-state index in [4.69, 9.17) is 4.74 Å². The summed E-state index contributed by atoms with van der Waals surface area (Å²) in [6.07, 6.45) is 0. The summed E-state index contributed by atoms with van der Waals surface area (Å²) >= 11 is 0. The van der Waals surface area contributed by atoms with Crippen LogP contribution >= 0.6 is 0 Å². The molecule has 0 unspecified atom stereocenters. The SMILES string of the molecule is COc1ccc(C(=O)NN=C(C)C(C)(C)C)cc1. The molecule has 0 aliphatic carbocycles. The van der Waals surface area contributed by atoms with Crippen molar-refractivity contribution in [3.63, 3.8) is 0 Å². The summed E-state index contributed by atoms with van der Waals surface area (Å²) in [5.74, 6) is 0.502. The van der Waals surface area contributed by atoms with E-state index in [9.17, 15) is 4.79 Å². The Morgan fingerprint density at radius 3 is 2.22 bits per heavy atom. The molecular weight excluding hydrogens is 228 g/mol. The normalized spacial score (nSPS) is 12.2. The van der Waals surface area contributed by atoms with Gasteiger partial charge in [0.15, 0.2) is 0 Å². The number of nitrogens with one attached hydrogen (secondary N) is 1. The van der Waals surface area contributed by atoms with Crippen LogP contribution < -0.4 is 10.2 Å². The average Bonchev–Trinajstić information content (AvgIpc) is 2.34. The van der Waals surface area contributed by atoms with Crippen LogP contribution in [0.5, 0.6) is 5.75 Å². The molecule has 1 rings (SSSR count). The van der Waals surface area contributed by atoms with Crippen molar-refractivity contribution >= 4 is 11.6 Å². The summed E-state index contributed by atoms with van der Waals surface area (Å²) in [7, 11) is 1.59. The summed E-state index contributed by atoms with van der Waals surface area (Å²) in [6.45, 7) is 8.04. The lowest BCUT2D eigenvalue weighted by Crippen LogP contribution is -2.24. The minimum Gasteiger partial charge on any atom is -0.497 e. The first-order chi connectivity index (χ1) is 8.34. The Bertz CT molecular complexity index is 442. The molecule has 0 saturated carbocycles. The number of carbonyl (C=O) groups excluding carboxylic acids is 1. The third-order valence-corrected chi connectivity index (χ3v) is 2.76. The third kappa shape index (κ3) is 3.87. The molecule has 4 heteroatoms. The first-order valence-corrected chi connectivity index (χ1v) is 5.84. The Kier molecular flexibility index (Phi) is 4.48. The molecule has 4 nitrogen and oxygen atoms in total. The van der Waals surface area contributed by atoms with Gasteiger partial charge in [0.25, 0.3) is 5.91 Å². The number of rotatable bonds is 3.